The zero-order valence-corrected chi connectivity index (χ0v) is 25.3. The molecule has 0 unspecified atom stereocenters. The maximum absolute atomic E-state index is 2.58. The van der Waals surface area contributed by atoms with Crippen molar-refractivity contribution in [1.82, 2.24) is 4.57 Å². The van der Waals surface area contributed by atoms with Crippen LogP contribution >= 0.6 is 0 Å². The van der Waals surface area contributed by atoms with Crippen LogP contribution in [0.4, 0.5) is 0 Å². The van der Waals surface area contributed by atoms with Crippen molar-refractivity contribution in [3.05, 3.63) is 18.2 Å². The molecule has 212 valence electrons. The van der Waals surface area contributed by atoms with E-state index >= 15 is 0 Å². The maximum Gasteiger partial charge on any atom is 0.256 e. The molecule has 1 aromatic heterocycles. The van der Waals surface area contributed by atoms with Gasteiger partial charge in [-0.1, -0.05) is 156 Å². The molecule has 0 aromatic carbocycles. The standard InChI is InChI=1S/C34H67N2/c1-4-7-9-11-13-15-16-17-18-19-20-21-22-23-25-27-29-34-35(30-6-3)32-33-36(34)31-28-26-24-14-12-10-8-5-2/h32-33H,4-31H2,1-3H3/q+1. The molecule has 0 amide bonds. The van der Waals surface area contributed by atoms with Crippen molar-refractivity contribution in [3.63, 3.8) is 0 Å². The van der Waals surface area contributed by atoms with Crippen LogP contribution in [0.3, 0.4) is 0 Å². The van der Waals surface area contributed by atoms with Gasteiger partial charge in [-0.15, -0.1) is 0 Å². The van der Waals surface area contributed by atoms with Crippen LogP contribution < -0.4 is 4.57 Å². The van der Waals surface area contributed by atoms with Crippen LogP contribution in [0.2, 0.25) is 0 Å². The molecular formula is C34H67N2+. The number of hydrogen-bond donors (Lipinski definition) is 0. The van der Waals surface area contributed by atoms with E-state index in [9.17, 15) is 0 Å². The minimum atomic E-state index is 1.18. The first-order chi connectivity index (χ1) is 17.8. The first-order valence-electron chi connectivity index (χ1n) is 16.9. The zero-order valence-electron chi connectivity index (χ0n) is 25.3. The van der Waals surface area contributed by atoms with Crippen molar-refractivity contribution < 1.29 is 4.57 Å². The number of nitrogens with zero attached hydrogens (tertiary/aromatic N) is 2. The fourth-order valence-electron chi connectivity index (χ4n) is 5.68. The van der Waals surface area contributed by atoms with Crippen LogP contribution in [0, 0.1) is 0 Å². The van der Waals surface area contributed by atoms with E-state index in [0.717, 1.165) is 0 Å². The topological polar surface area (TPSA) is 8.81 Å². The Morgan fingerprint density at radius 3 is 1.28 bits per heavy atom. The van der Waals surface area contributed by atoms with E-state index in [1.165, 1.54) is 180 Å². The van der Waals surface area contributed by atoms with Gasteiger partial charge in [-0.2, -0.15) is 0 Å². The quantitative estimate of drug-likeness (QED) is 0.0794. The zero-order chi connectivity index (χ0) is 25.9. The van der Waals surface area contributed by atoms with E-state index in [4.69, 9.17) is 0 Å². The Balaban J connectivity index is 2.05. The van der Waals surface area contributed by atoms with Crippen molar-refractivity contribution in [2.75, 3.05) is 0 Å². The van der Waals surface area contributed by atoms with Gasteiger partial charge in [-0.05, 0) is 25.7 Å². The Hall–Kier alpha value is -0.790. The number of aromatic nitrogens is 2. The molecule has 0 spiro atoms. The molecule has 0 saturated heterocycles. The second kappa shape index (κ2) is 25.8. The van der Waals surface area contributed by atoms with E-state index in [2.05, 4.69) is 42.3 Å². The Bertz CT molecular complexity index is 562. The molecule has 0 aliphatic carbocycles. The minimum Gasteiger partial charge on any atom is -0.234 e. The first-order valence-corrected chi connectivity index (χ1v) is 16.9. The Morgan fingerprint density at radius 2 is 0.861 bits per heavy atom. The van der Waals surface area contributed by atoms with Gasteiger partial charge in [0.25, 0.3) is 5.82 Å². The lowest BCUT2D eigenvalue weighted by Gasteiger charge is -2.06. The molecule has 1 heterocycles. The van der Waals surface area contributed by atoms with Gasteiger partial charge in [0.05, 0.1) is 13.1 Å². The lowest BCUT2D eigenvalue weighted by molar-refractivity contribution is -0.703. The average Bonchev–Trinajstić information content (AvgIpc) is 3.26. The maximum atomic E-state index is 2.58. The van der Waals surface area contributed by atoms with Gasteiger partial charge in [0.2, 0.25) is 0 Å². The van der Waals surface area contributed by atoms with E-state index in [-0.39, 0.29) is 0 Å². The lowest BCUT2D eigenvalue weighted by atomic mass is 10.0. The normalized spacial score (nSPS) is 11.5. The Kier molecular flexibility index (Phi) is 23.9. The third kappa shape index (κ3) is 18.5. The van der Waals surface area contributed by atoms with Gasteiger partial charge in [0, 0.05) is 6.42 Å². The average molecular weight is 504 g/mol. The lowest BCUT2D eigenvalue weighted by Crippen LogP contribution is -2.37. The molecule has 0 atom stereocenters. The van der Waals surface area contributed by atoms with Gasteiger partial charge in [-0.25, -0.2) is 9.13 Å². The number of unbranched alkanes of at least 4 members (excludes halogenated alkanes) is 22. The summed E-state index contributed by atoms with van der Waals surface area (Å²) >= 11 is 0. The minimum absolute atomic E-state index is 1.18. The molecule has 0 aliphatic rings. The summed E-state index contributed by atoms with van der Waals surface area (Å²) in [5.41, 5.74) is 0. The van der Waals surface area contributed by atoms with Crippen LogP contribution in [-0.2, 0) is 19.5 Å². The van der Waals surface area contributed by atoms with Gasteiger partial charge in [0.1, 0.15) is 12.4 Å². The summed E-state index contributed by atoms with van der Waals surface area (Å²) in [5.74, 6) is 1.59. The summed E-state index contributed by atoms with van der Waals surface area (Å²) in [6.45, 7) is 9.32. The summed E-state index contributed by atoms with van der Waals surface area (Å²) in [6, 6.07) is 0. The predicted octanol–water partition coefficient (Wildman–Crippen LogP) is 11.1. The number of imidazole rings is 1. The molecule has 1 rings (SSSR count). The molecular weight excluding hydrogens is 436 g/mol. The molecule has 0 saturated carbocycles. The molecule has 0 radical (unpaired) electrons. The summed E-state index contributed by atoms with van der Waals surface area (Å²) < 4.78 is 5.12. The number of hydrogen-bond acceptors (Lipinski definition) is 0. The van der Waals surface area contributed by atoms with Gasteiger partial charge >= 0.3 is 0 Å². The van der Waals surface area contributed by atoms with E-state index in [1.807, 2.05) is 0 Å². The highest BCUT2D eigenvalue weighted by atomic mass is 15.1. The molecule has 2 nitrogen and oxygen atoms in total. The fraction of sp³-hybridized carbons (Fsp3) is 0.912. The first kappa shape index (κ1) is 33.2. The Labute approximate surface area is 228 Å². The van der Waals surface area contributed by atoms with Crippen LogP contribution in [0.5, 0.6) is 0 Å². The fourth-order valence-corrected chi connectivity index (χ4v) is 5.68. The monoisotopic (exact) mass is 504 g/mol. The van der Waals surface area contributed by atoms with Gasteiger partial charge in [0.15, 0.2) is 0 Å². The van der Waals surface area contributed by atoms with Gasteiger partial charge in [-0.3, -0.25) is 0 Å². The summed E-state index contributed by atoms with van der Waals surface area (Å²) in [4.78, 5) is 0. The summed E-state index contributed by atoms with van der Waals surface area (Å²) in [7, 11) is 0. The highest BCUT2D eigenvalue weighted by Gasteiger charge is 2.15. The van der Waals surface area contributed by atoms with E-state index in [0.29, 0.717) is 0 Å². The van der Waals surface area contributed by atoms with Crippen molar-refractivity contribution in [2.24, 2.45) is 0 Å². The predicted molar refractivity (Wildman–Crippen MR) is 161 cm³/mol. The van der Waals surface area contributed by atoms with Crippen LogP contribution in [0.15, 0.2) is 12.4 Å². The van der Waals surface area contributed by atoms with Crippen LogP contribution in [0.25, 0.3) is 0 Å². The van der Waals surface area contributed by atoms with Gasteiger partial charge < -0.3 is 0 Å². The van der Waals surface area contributed by atoms with Crippen molar-refractivity contribution in [1.29, 1.82) is 0 Å². The molecule has 2 heteroatoms. The highest BCUT2D eigenvalue weighted by Crippen LogP contribution is 2.15. The number of rotatable bonds is 28. The molecule has 36 heavy (non-hydrogen) atoms. The largest absolute Gasteiger partial charge is 0.256 e. The smallest absolute Gasteiger partial charge is 0.234 e. The SMILES string of the molecule is CCCCCCCCCCCCCCCCCCc1n(CCCCCCCCCC)cc[n+]1CCC. The second-order valence-electron chi connectivity index (χ2n) is 11.6. The van der Waals surface area contributed by atoms with Crippen molar-refractivity contribution in [3.8, 4) is 0 Å². The molecule has 0 bridgehead atoms. The summed E-state index contributed by atoms with van der Waals surface area (Å²) in [5, 5.41) is 0. The Morgan fingerprint density at radius 1 is 0.472 bits per heavy atom. The van der Waals surface area contributed by atoms with E-state index < -0.39 is 0 Å². The summed E-state index contributed by atoms with van der Waals surface area (Å²) in [6.07, 6.45) is 41.6. The third-order valence-electron chi connectivity index (χ3n) is 8.06. The third-order valence-corrected chi connectivity index (χ3v) is 8.06. The number of aryl methyl sites for hydroxylation is 2. The highest BCUT2D eigenvalue weighted by molar-refractivity contribution is 4.84. The van der Waals surface area contributed by atoms with Crippen molar-refractivity contribution in [2.45, 2.75) is 201 Å². The molecule has 0 aliphatic heterocycles. The second-order valence-corrected chi connectivity index (χ2v) is 11.6. The molecule has 0 fully saturated rings. The van der Waals surface area contributed by atoms with E-state index in [1.54, 1.807) is 5.82 Å². The van der Waals surface area contributed by atoms with Crippen LogP contribution in [-0.4, -0.2) is 4.57 Å². The van der Waals surface area contributed by atoms with Crippen LogP contribution in [0.1, 0.15) is 187 Å². The van der Waals surface area contributed by atoms with Crippen molar-refractivity contribution >= 4 is 0 Å². The molecule has 1 aromatic rings. The molecule has 0 N–H and O–H groups in total.